The van der Waals surface area contributed by atoms with Crippen molar-refractivity contribution in [3.8, 4) is 6.01 Å². The summed E-state index contributed by atoms with van der Waals surface area (Å²) in [6, 6.07) is 4.14. The minimum absolute atomic E-state index is 0.0509. The number of amides is 2. The van der Waals surface area contributed by atoms with E-state index in [9.17, 15) is 27.2 Å². The van der Waals surface area contributed by atoms with Crippen molar-refractivity contribution in [2.45, 2.75) is 24.7 Å². The van der Waals surface area contributed by atoms with Gasteiger partial charge in [0.15, 0.2) is 0 Å². The van der Waals surface area contributed by atoms with Crippen molar-refractivity contribution in [2.24, 2.45) is 0 Å². The van der Waals surface area contributed by atoms with E-state index in [0.717, 1.165) is 24.4 Å². The van der Waals surface area contributed by atoms with E-state index >= 15 is 0 Å². The molecule has 3 heterocycles. The maximum Gasteiger partial charge on any atom is 0.418 e. The summed E-state index contributed by atoms with van der Waals surface area (Å²) in [5.41, 5.74) is -2.94. The Bertz CT molecular complexity index is 1370. The van der Waals surface area contributed by atoms with E-state index in [-0.39, 0.29) is 59.8 Å². The quantitative estimate of drug-likeness (QED) is 0.352. The van der Waals surface area contributed by atoms with Crippen molar-refractivity contribution in [1.82, 2.24) is 25.6 Å². The normalized spacial score (nSPS) is 17.0. The number of nitrogens with one attached hydrogen (secondary N) is 3. The first-order valence-corrected chi connectivity index (χ1v) is 11.7. The molecule has 0 bridgehead atoms. The average Bonchev–Trinajstić information content (AvgIpc) is 3.38. The van der Waals surface area contributed by atoms with Gasteiger partial charge in [0.1, 0.15) is 11.4 Å². The summed E-state index contributed by atoms with van der Waals surface area (Å²) < 4.78 is 65.0. The third-order valence-electron chi connectivity index (χ3n) is 5.78. The van der Waals surface area contributed by atoms with Crippen LogP contribution in [0.4, 0.5) is 28.9 Å². The van der Waals surface area contributed by atoms with Crippen molar-refractivity contribution < 1.29 is 36.6 Å². The molecule has 2 amide bonds. The molecule has 206 valence electrons. The number of benzene rings is 1. The Morgan fingerprint density at radius 3 is 2.51 bits per heavy atom. The predicted octanol–water partition coefficient (Wildman–Crippen LogP) is 3.64. The lowest BCUT2D eigenvalue weighted by molar-refractivity contribution is -0.137. The molecule has 0 radical (unpaired) electrons. The van der Waals surface area contributed by atoms with Crippen LogP contribution in [0.2, 0.25) is 5.02 Å². The van der Waals surface area contributed by atoms with Crippen LogP contribution in [0.3, 0.4) is 0 Å². The molecule has 0 unspecified atom stereocenters. The molecule has 3 N–H and O–H groups in total. The number of carbonyl (C=O) groups excluding carboxylic acids is 2. The maximum atomic E-state index is 14.8. The van der Waals surface area contributed by atoms with Gasteiger partial charge in [0.25, 0.3) is 5.91 Å². The van der Waals surface area contributed by atoms with Crippen LogP contribution in [0, 0.1) is 5.82 Å². The van der Waals surface area contributed by atoms with Gasteiger partial charge in [0.05, 0.1) is 54.7 Å². The van der Waals surface area contributed by atoms with E-state index in [2.05, 4.69) is 30.9 Å². The molecule has 0 aliphatic carbocycles. The Morgan fingerprint density at radius 2 is 1.90 bits per heavy atom. The van der Waals surface area contributed by atoms with Crippen LogP contribution in [0.1, 0.15) is 28.0 Å². The van der Waals surface area contributed by atoms with Gasteiger partial charge in [0.2, 0.25) is 5.91 Å². The number of rotatable bonds is 8. The van der Waals surface area contributed by atoms with Crippen molar-refractivity contribution in [2.75, 3.05) is 25.6 Å². The summed E-state index contributed by atoms with van der Waals surface area (Å²) in [4.78, 5) is 37.4. The van der Waals surface area contributed by atoms with Crippen LogP contribution < -0.4 is 20.7 Å². The topological polar surface area (TPSA) is 127 Å². The second-order valence-electron chi connectivity index (χ2n) is 8.45. The summed E-state index contributed by atoms with van der Waals surface area (Å²) in [6.07, 6.45) is -0.945. The SMILES string of the molecule is COc1ncc(C(=O)N[C@@]2(C(=O)NCc3ncc(Nc4ccc(Cl)cc4C(F)(F)F)cc3F)CCOC2)cn1. The summed E-state index contributed by atoms with van der Waals surface area (Å²) >= 11 is 5.68. The molecular formula is C24H21ClF4N6O4. The Kier molecular flexibility index (Phi) is 8.16. The minimum Gasteiger partial charge on any atom is -0.467 e. The van der Waals surface area contributed by atoms with Crippen LogP contribution in [0.25, 0.3) is 0 Å². The number of pyridine rings is 1. The van der Waals surface area contributed by atoms with E-state index in [1.807, 2.05) is 0 Å². The fraction of sp³-hybridized carbons (Fsp3) is 0.292. The fourth-order valence-electron chi connectivity index (χ4n) is 3.74. The molecule has 1 atom stereocenters. The predicted molar refractivity (Wildman–Crippen MR) is 130 cm³/mol. The first kappa shape index (κ1) is 28.0. The number of hydrogen-bond acceptors (Lipinski definition) is 8. The summed E-state index contributed by atoms with van der Waals surface area (Å²) in [5.74, 6) is -2.14. The second-order valence-corrected chi connectivity index (χ2v) is 8.88. The van der Waals surface area contributed by atoms with Crippen LogP contribution in [-0.2, 0) is 22.3 Å². The summed E-state index contributed by atoms with van der Waals surface area (Å²) in [6.45, 7) is -0.281. The van der Waals surface area contributed by atoms with Gasteiger partial charge in [-0.25, -0.2) is 14.4 Å². The first-order valence-electron chi connectivity index (χ1n) is 11.3. The second kappa shape index (κ2) is 11.4. The van der Waals surface area contributed by atoms with Gasteiger partial charge in [-0.05, 0) is 18.2 Å². The van der Waals surface area contributed by atoms with E-state index in [1.165, 1.54) is 25.6 Å². The molecule has 2 aromatic heterocycles. The highest BCUT2D eigenvalue weighted by molar-refractivity contribution is 6.30. The molecule has 4 rings (SSSR count). The number of hydrogen-bond donors (Lipinski definition) is 3. The molecule has 0 saturated carbocycles. The van der Waals surface area contributed by atoms with Crippen LogP contribution in [0.5, 0.6) is 6.01 Å². The molecule has 1 aromatic carbocycles. The van der Waals surface area contributed by atoms with Crippen molar-refractivity contribution in [3.05, 3.63) is 70.5 Å². The fourth-order valence-corrected chi connectivity index (χ4v) is 3.91. The average molecular weight is 569 g/mol. The molecule has 1 fully saturated rings. The first-order chi connectivity index (χ1) is 18.5. The third-order valence-corrected chi connectivity index (χ3v) is 6.02. The number of nitrogens with zero attached hydrogens (tertiary/aromatic N) is 3. The molecule has 15 heteroatoms. The monoisotopic (exact) mass is 568 g/mol. The molecule has 1 saturated heterocycles. The highest BCUT2D eigenvalue weighted by Crippen LogP contribution is 2.37. The van der Waals surface area contributed by atoms with Crippen LogP contribution in [0.15, 0.2) is 42.9 Å². The maximum absolute atomic E-state index is 14.8. The van der Waals surface area contributed by atoms with Crippen molar-refractivity contribution >= 4 is 34.8 Å². The Labute approximate surface area is 224 Å². The van der Waals surface area contributed by atoms with Crippen LogP contribution in [-0.4, -0.2) is 52.6 Å². The Hall–Kier alpha value is -4.04. The number of anilines is 2. The number of ether oxygens (including phenoxy) is 2. The number of halogens is 5. The number of carbonyl (C=O) groups is 2. The zero-order valence-electron chi connectivity index (χ0n) is 20.2. The number of alkyl halides is 3. The Balaban J connectivity index is 1.43. The molecular weight excluding hydrogens is 548 g/mol. The zero-order chi connectivity index (χ0) is 28.2. The lowest BCUT2D eigenvalue weighted by atomic mass is 9.96. The minimum atomic E-state index is -4.70. The molecule has 10 nitrogen and oxygen atoms in total. The van der Waals surface area contributed by atoms with Crippen LogP contribution >= 0.6 is 11.6 Å². The van der Waals surface area contributed by atoms with E-state index < -0.39 is 34.9 Å². The lowest BCUT2D eigenvalue weighted by Gasteiger charge is -2.27. The standard InChI is InChI=1S/C24H21ClF4N6O4/c1-38-22-32-8-13(9-33-22)20(36)35-23(4-5-39-12-23)21(37)31-11-19-17(26)7-15(10-30-19)34-18-3-2-14(25)6-16(18)24(27,28)29/h2-3,6-10,34H,4-5,11-12H2,1H3,(H,31,37)(H,35,36)/t23-/m0/s1. The number of aromatic nitrogens is 3. The summed E-state index contributed by atoms with van der Waals surface area (Å²) in [5, 5.41) is 7.54. The highest BCUT2D eigenvalue weighted by Gasteiger charge is 2.44. The van der Waals surface area contributed by atoms with Gasteiger partial charge in [-0.2, -0.15) is 13.2 Å². The molecule has 1 aliphatic heterocycles. The van der Waals surface area contributed by atoms with Gasteiger partial charge in [0, 0.05) is 36.5 Å². The van der Waals surface area contributed by atoms with E-state index in [4.69, 9.17) is 21.1 Å². The smallest absolute Gasteiger partial charge is 0.418 e. The van der Waals surface area contributed by atoms with Gasteiger partial charge in [-0.1, -0.05) is 11.6 Å². The largest absolute Gasteiger partial charge is 0.467 e. The van der Waals surface area contributed by atoms with Gasteiger partial charge in [-0.3, -0.25) is 14.6 Å². The Morgan fingerprint density at radius 1 is 1.15 bits per heavy atom. The zero-order valence-corrected chi connectivity index (χ0v) is 21.0. The third kappa shape index (κ3) is 6.52. The van der Waals surface area contributed by atoms with E-state index in [0.29, 0.717) is 0 Å². The highest BCUT2D eigenvalue weighted by atomic mass is 35.5. The van der Waals surface area contributed by atoms with Crippen molar-refractivity contribution in [1.29, 1.82) is 0 Å². The molecule has 1 aliphatic rings. The van der Waals surface area contributed by atoms with Gasteiger partial charge >= 0.3 is 12.2 Å². The summed E-state index contributed by atoms with van der Waals surface area (Å²) in [7, 11) is 1.37. The molecule has 3 aromatic rings. The molecule has 39 heavy (non-hydrogen) atoms. The van der Waals surface area contributed by atoms with Gasteiger partial charge in [-0.15, -0.1) is 0 Å². The van der Waals surface area contributed by atoms with Crippen molar-refractivity contribution in [3.63, 3.8) is 0 Å². The molecule has 0 spiro atoms. The lowest BCUT2D eigenvalue weighted by Crippen LogP contribution is -2.59. The van der Waals surface area contributed by atoms with Gasteiger partial charge < -0.3 is 25.4 Å². The number of methoxy groups -OCH3 is 1. The van der Waals surface area contributed by atoms with E-state index in [1.54, 1.807) is 0 Å².